The van der Waals surface area contributed by atoms with Crippen molar-refractivity contribution in [2.45, 2.75) is 44.4 Å². The topological polar surface area (TPSA) is 100 Å². The number of carbonyl (C=O) groups is 1. The molecule has 0 unspecified atom stereocenters. The molecule has 1 amide bonds. The molecule has 1 aromatic rings. The van der Waals surface area contributed by atoms with Crippen LogP contribution in [0.15, 0.2) is 21.6 Å². The van der Waals surface area contributed by atoms with Gasteiger partial charge in [-0.2, -0.15) is 0 Å². The largest absolute Gasteiger partial charge is 0.447 e. The van der Waals surface area contributed by atoms with Gasteiger partial charge in [0.1, 0.15) is 5.76 Å². The Morgan fingerprint density at radius 1 is 1.29 bits per heavy atom. The first-order valence-corrected chi connectivity index (χ1v) is 8.16. The lowest BCUT2D eigenvalue weighted by molar-refractivity contribution is -0.122. The molecule has 8 heteroatoms. The number of hydrogen-bond donors (Lipinski definition) is 3. The molecule has 0 aliphatic carbocycles. The summed E-state index contributed by atoms with van der Waals surface area (Å²) in [6, 6.07) is 2.99. The Labute approximate surface area is 125 Å². The van der Waals surface area contributed by atoms with Crippen LogP contribution >= 0.6 is 0 Å². The van der Waals surface area contributed by atoms with Crippen LogP contribution in [-0.2, 0) is 21.4 Å². The van der Waals surface area contributed by atoms with Gasteiger partial charge in [0.05, 0.1) is 6.54 Å². The average Bonchev–Trinajstić information content (AvgIpc) is 2.82. The van der Waals surface area contributed by atoms with Crippen molar-refractivity contribution in [3.8, 4) is 0 Å². The maximum absolute atomic E-state index is 11.6. The molecular formula is C13H23N3O4S. The van der Waals surface area contributed by atoms with Crippen LogP contribution in [-0.4, -0.2) is 33.5 Å². The molecule has 0 fully saturated rings. The van der Waals surface area contributed by atoms with Crippen LogP contribution < -0.4 is 15.4 Å². The summed E-state index contributed by atoms with van der Waals surface area (Å²) in [5, 5.41) is 5.77. The standard InChI is InChI=1S/C13H23N3O4S/c1-13(2,3)16-11(17)7-8-15-9-10-5-6-12(20-10)21(18,19)14-4/h5-6,14-15H,7-9H2,1-4H3,(H,16,17). The maximum atomic E-state index is 11.6. The first-order chi connectivity index (χ1) is 9.64. The fourth-order valence-corrected chi connectivity index (χ4v) is 2.26. The summed E-state index contributed by atoms with van der Waals surface area (Å²) in [6.07, 6.45) is 0.347. The molecule has 0 saturated heterocycles. The zero-order valence-electron chi connectivity index (χ0n) is 12.8. The molecule has 21 heavy (non-hydrogen) atoms. The van der Waals surface area contributed by atoms with Crippen molar-refractivity contribution in [1.29, 1.82) is 0 Å². The number of rotatable bonds is 7. The third kappa shape index (κ3) is 6.28. The highest BCUT2D eigenvalue weighted by Crippen LogP contribution is 2.13. The number of sulfonamides is 1. The minimum Gasteiger partial charge on any atom is -0.447 e. The molecule has 3 N–H and O–H groups in total. The second-order valence-corrected chi connectivity index (χ2v) is 7.47. The van der Waals surface area contributed by atoms with Gasteiger partial charge < -0.3 is 15.1 Å². The predicted molar refractivity (Wildman–Crippen MR) is 79.2 cm³/mol. The number of amides is 1. The third-order valence-corrected chi connectivity index (χ3v) is 3.80. The summed E-state index contributed by atoms with van der Waals surface area (Å²) in [4.78, 5) is 11.6. The number of hydrogen-bond acceptors (Lipinski definition) is 5. The van der Waals surface area contributed by atoms with Crippen molar-refractivity contribution in [3.63, 3.8) is 0 Å². The van der Waals surface area contributed by atoms with E-state index in [2.05, 4.69) is 15.4 Å². The second kappa shape index (κ2) is 7.06. The first kappa shape index (κ1) is 17.7. The summed E-state index contributed by atoms with van der Waals surface area (Å²) < 4.78 is 30.4. The fraction of sp³-hybridized carbons (Fsp3) is 0.615. The zero-order chi connectivity index (χ0) is 16.1. The molecule has 0 aliphatic heterocycles. The highest BCUT2D eigenvalue weighted by atomic mass is 32.2. The fourth-order valence-electron chi connectivity index (χ4n) is 1.59. The van der Waals surface area contributed by atoms with Gasteiger partial charge >= 0.3 is 0 Å². The molecule has 0 radical (unpaired) electrons. The van der Waals surface area contributed by atoms with E-state index in [1.54, 1.807) is 6.07 Å². The molecular weight excluding hydrogens is 294 g/mol. The molecule has 1 rings (SSSR count). The van der Waals surface area contributed by atoms with E-state index in [4.69, 9.17) is 4.42 Å². The van der Waals surface area contributed by atoms with Gasteiger partial charge in [-0.3, -0.25) is 4.79 Å². The van der Waals surface area contributed by atoms with Crippen LogP contribution in [0.5, 0.6) is 0 Å². The van der Waals surface area contributed by atoms with E-state index in [-0.39, 0.29) is 16.5 Å². The van der Waals surface area contributed by atoms with Crippen molar-refractivity contribution in [2.75, 3.05) is 13.6 Å². The first-order valence-electron chi connectivity index (χ1n) is 6.68. The Morgan fingerprint density at radius 2 is 1.95 bits per heavy atom. The Balaban J connectivity index is 2.36. The lowest BCUT2D eigenvalue weighted by atomic mass is 10.1. The molecule has 0 saturated carbocycles. The lowest BCUT2D eigenvalue weighted by Gasteiger charge is -2.20. The number of furan rings is 1. The van der Waals surface area contributed by atoms with Gasteiger partial charge in [0.15, 0.2) is 0 Å². The SMILES string of the molecule is CNS(=O)(=O)c1ccc(CNCCC(=O)NC(C)(C)C)o1. The van der Waals surface area contributed by atoms with Crippen LogP contribution in [0, 0.1) is 0 Å². The van der Waals surface area contributed by atoms with Gasteiger partial charge in [-0.15, -0.1) is 0 Å². The van der Waals surface area contributed by atoms with Crippen molar-refractivity contribution in [2.24, 2.45) is 0 Å². The Bertz CT molecular complexity index is 572. The highest BCUT2D eigenvalue weighted by Gasteiger charge is 2.16. The van der Waals surface area contributed by atoms with Gasteiger partial charge in [0.25, 0.3) is 10.0 Å². The van der Waals surface area contributed by atoms with Crippen molar-refractivity contribution in [1.82, 2.24) is 15.4 Å². The number of nitrogens with one attached hydrogen (secondary N) is 3. The summed E-state index contributed by atoms with van der Waals surface area (Å²) in [7, 11) is -2.23. The van der Waals surface area contributed by atoms with Crippen molar-refractivity contribution >= 4 is 15.9 Å². The smallest absolute Gasteiger partial charge is 0.273 e. The van der Waals surface area contributed by atoms with Gasteiger partial charge in [-0.25, -0.2) is 13.1 Å². The molecule has 0 atom stereocenters. The maximum Gasteiger partial charge on any atom is 0.273 e. The average molecular weight is 317 g/mol. The van der Waals surface area contributed by atoms with Gasteiger partial charge in [0.2, 0.25) is 11.0 Å². The minimum absolute atomic E-state index is 0.0344. The highest BCUT2D eigenvalue weighted by molar-refractivity contribution is 7.89. The summed E-state index contributed by atoms with van der Waals surface area (Å²) >= 11 is 0. The molecule has 120 valence electrons. The van der Waals surface area contributed by atoms with E-state index in [9.17, 15) is 13.2 Å². The van der Waals surface area contributed by atoms with Crippen LogP contribution in [0.3, 0.4) is 0 Å². The molecule has 0 spiro atoms. The Kier molecular flexibility index (Phi) is 5.94. The molecule has 1 heterocycles. The van der Waals surface area contributed by atoms with Crippen LogP contribution in [0.2, 0.25) is 0 Å². The van der Waals surface area contributed by atoms with E-state index >= 15 is 0 Å². The van der Waals surface area contributed by atoms with Crippen LogP contribution in [0.25, 0.3) is 0 Å². The van der Waals surface area contributed by atoms with Gasteiger partial charge in [-0.1, -0.05) is 0 Å². The van der Waals surface area contributed by atoms with E-state index in [1.165, 1.54) is 13.1 Å². The van der Waals surface area contributed by atoms with Crippen LogP contribution in [0.1, 0.15) is 33.0 Å². The number of carbonyl (C=O) groups excluding carboxylic acids is 1. The van der Waals surface area contributed by atoms with Crippen LogP contribution in [0.4, 0.5) is 0 Å². The summed E-state index contributed by atoms with van der Waals surface area (Å²) in [5.41, 5.74) is -0.242. The molecule has 1 aromatic heterocycles. The minimum atomic E-state index is -3.55. The van der Waals surface area contributed by atoms with Gasteiger partial charge in [-0.05, 0) is 40.0 Å². The normalized spacial score (nSPS) is 12.4. The van der Waals surface area contributed by atoms with E-state index in [0.29, 0.717) is 25.3 Å². The third-order valence-electron chi connectivity index (χ3n) is 2.51. The predicted octanol–water partition coefficient (Wildman–Crippen LogP) is 0.582. The van der Waals surface area contributed by atoms with Crippen molar-refractivity contribution in [3.05, 3.63) is 17.9 Å². The summed E-state index contributed by atoms with van der Waals surface area (Å²) in [6.45, 7) is 6.61. The lowest BCUT2D eigenvalue weighted by Crippen LogP contribution is -2.41. The second-order valence-electron chi connectivity index (χ2n) is 5.65. The molecule has 7 nitrogen and oxygen atoms in total. The molecule has 0 aliphatic rings. The van der Waals surface area contributed by atoms with E-state index < -0.39 is 10.0 Å². The molecule has 0 aromatic carbocycles. The van der Waals surface area contributed by atoms with Crippen molar-refractivity contribution < 1.29 is 17.6 Å². The Morgan fingerprint density at radius 3 is 2.52 bits per heavy atom. The molecule has 0 bridgehead atoms. The van der Waals surface area contributed by atoms with Gasteiger partial charge in [0, 0.05) is 18.5 Å². The zero-order valence-corrected chi connectivity index (χ0v) is 13.6. The monoisotopic (exact) mass is 317 g/mol. The van der Waals surface area contributed by atoms with E-state index in [1.807, 2.05) is 20.8 Å². The van der Waals surface area contributed by atoms with E-state index in [0.717, 1.165) is 0 Å². The summed E-state index contributed by atoms with van der Waals surface area (Å²) in [5.74, 6) is 0.466. The quantitative estimate of drug-likeness (QED) is 0.639. The Hall–Kier alpha value is -1.38.